The molecule has 0 aliphatic rings. The number of halogens is 1. The van der Waals surface area contributed by atoms with Crippen molar-refractivity contribution in [3.8, 4) is 5.75 Å². The number of nitrogens with one attached hydrogen (secondary N) is 1. The lowest BCUT2D eigenvalue weighted by molar-refractivity contribution is 0.0602. The number of para-hydroxylation sites is 1. The molecular formula is C17H18ClNO3. The van der Waals surface area contributed by atoms with Crippen molar-refractivity contribution in [2.75, 3.05) is 25.6 Å². The minimum atomic E-state index is -0.426. The zero-order valence-electron chi connectivity index (χ0n) is 12.6. The van der Waals surface area contributed by atoms with Crippen molar-refractivity contribution in [2.24, 2.45) is 0 Å². The van der Waals surface area contributed by atoms with Crippen LogP contribution in [0.15, 0.2) is 42.5 Å². The number of hydrogen-bond acceptors (Lipinski definition) is 4. The molecule has 0 spiro atoms. The summed E-state index contributed by atoms with van der Waals surface area (Å²) >= 11 is 6.14. The molecule has 2 rings (SSSR count). The number of carbonyl (C=O) groups is 1. The van der Waals surface area contributed by atoms with Crippen LogP contribution in [0, 0.1) is 6.92 Å². The van der Waals surface area contributed by atoms with Gasteiger partial charge in [-0.05, 0) is 36.8 Å². The van der Waals surface area contributed by atoms with E-state index in [-0.39, 0.29) is 0 Å². The summed E-state index contributed by atoms with van der Waals surface area (Å²) in [6.45, 7) is 2.98. The Morgan fingerprint density at radius 2 is 2.00 bits per heavy atom. The Bertz CT molecular complexity index is 658. The monoisotopic (exact) mass is 319 g/mol. The van der Waals surface area contributed by atoms with Crippen LogP contribution < -0.4 is 10.1 Å². The fourth-order valence-electron chi connectivity index (χ4n) is 2.03. The van der Waals surface area contributed by atoms with Crippen molar-refractivity contribution >= 4 is 23.3 Å². The third kappa shape index (κ3) is 4.15. The summed E-state index contributed by atoms with van der Waals surface area (Å²) in [6, 6.07) is 12.9. The van der Waals surface area contributed by atoms with Crippen molar-refractivity contribution in [3.05, 3.63) is 58.6 Å². The maximum atomic E-state index is 11.7. The molecule has 4 nitrogen and oxygen atoms in total. The van der Waals surface area contributed by atoms with Gasteiger partial charge in [-0.1, -0.05) is 29.8 Å². The number of esters is 1. The molecule has 5 heteroatoms. The van der Waals surface area contributed by atoms with Gasteiger partial charge in [-0.25, -0.2) is 4.79 Å². The summed E-state index contributed by atoms with van der Waals surface area (Å²) in [5.41, 5.74) is 2.11. The molecule has 2 aromatic rings. The smallest absolute Gasteiger partial charge is 0.340 e. The van der Waals surface area contributed by atoms with E-state index in [1.807, 2.05) is 31.2 Å². The van der Waals surface area contributed by atoms with Gasteiger partial charge in [0.2, 0.25) is 0 Å². The van der Waals surface area contributed by atoms with Gasteiger partial charge in [0.05, 0.1) is 23.4 Å². The van der Waals surface area contributed by atoms with Gasteiger partial charge in [-0.2, -0.15) is 0 Å². The van der Waals surface area contributed by atoms with E-state index in [0.717, 1.165) is 11.3 Å². The van der Waals surface area contributed by atoms with Crippen molar-refractivity contribution in [1.29, 1.82) is 0 Å². The molecule has 0 amide bonds. The summed E-state index contributed by atoms with van der Waals surface area (Å²) in [4.78, 5) is 11.7. The Balaban J connectivity index is 1.96. The van der Waals surface area contributed by atoms with Crippen LogP contribution in [0.4, 0.5) is 5.69 Å². The number of benzene rings is 2. The molecule has 1 N–H and O–H groups in total. The zero-order valence-corrected chi connectivity index (χ0v) is 13.3. The highest BCUT2D eigenvalue weighted by Gasteiger charge is 2.14. The minimum absolute atomic E-state index is 0.408. The van der Waals surface area contributed by atoms with Crippen LogP contribution in [-0.2, 0) is 4.74 Å². The van der Waals surface area contributed by atoms with Crippen molar-refractivity contribution < 1.29 is 14.3 Å². The number of anilines is 1. The first-order valence-corrected chi connectivity index (χ1v) is 7.30. The van der Waals surface area contributed by atoms with Gasteiger partial charge in [0.1, 0.15) is 12.4 Å². The first kappa shape index (κ1) is 16.2. The molecule has 0 atom stereocenters. The number of carbonyl (C=O) groups excluding carboxylic acids is 1. The Morgan fingerprint density at radius 1 is 1.23 bits per heavy atom. The van der Waals surface area contributed by atoms with Gasteiger partial charge >= 0.3 is 5.97 Å². The van der Waals surface area contributed by atoms with Crippen LogP contribution in [0.1, 0.15) is 15.9 Å². The van der Waals surface area contributed by atoms with E-state index in [0.29, 0.717) is 29.4 Å². The Hall–Kier alpha value is -2.20. The summed E-state index contributed by atoms with van der Waals surface area (Å²) < 4.78 is 10.4. The molecule has 0 radical (unpaired) electrons. The molecular weight excluding hydrogens is 302 g/mol. The van der Waals surface area contributed by atoms with E-state index < -0.39 is 5.97 Å². The Kier molecular flexibility index (Phi) is 5.67. The largest absolute Gasteiger partial charge is 0.492 e. The normalized spacial score (nSPS) is 10.1. The van der Waals surface area contributed by atoms with Gasteiger partial charge in [0.25, 0.3) is 0 Å². The van der Waals surface area contributed by atoms with E-state index in [4.69, 9.17) is 21.1 Å². The van der Waals surface area contributed by atoms with Crippen LogP contribution >= 0.6 is 11.6 Å². The average Bonchev–Trinajstić information content (AvgIpc) is 2.52. The summed E-state index contributed by atoms with van der Waals surface area (Å²) in [7, 11) is 1.34. The maximum absolute atomic E-state index is 11.7. The number of ether oxygens (including phenoxy) is 2. The summed E-state index contributed by atoms with van der Waals surface area (Å²) in [5.74, 6) is 0.388. The Morgan fingerprint density at radius 3 is 2.73 bits per heavy atom. The van der Waals surface area contributed by atoms with Gasteiger partial charge in [0, 0.05) is 6.54 Å². The standard InChI is InChI=1S/C17H18ClNO3/c1-12-5-3-6-13(11-12)22-10-9-19-16-14(17(20)21-2)7-4-8-15(16)18/h3-8,11,19H,9-10H2,1-2H3. The minimum Gasteiger partial charge on any atom is -0.492 e. The van der Waals surface area contributed by atoms with Crippen molar-refractivity contribution in [2.45, 2.75) is 6.92 Å². The van der Waals surface area contributed by atoms with E-state index in [2.05, 4.69) is 5.32 Å². The SMILES string of the molecule is COC(=O)c1cccc(Cl)c1NCCOc1cccc(C)c1. The molecule has 0 bridgehead atoms. The molecule has 0 unspecified atom stereocenters. The second-order valence-corrected chi connectivity index (χ2v) is 5.15. The highest BCUT2D eigenvalue weighted by Crippen LogP contribution is 2.26. The lowest BCUT2D eigenvalue weighted by Gasteiger charge is -2.13. The fraction of sp³-hybridized carbons (Fsp3) is 0.235. The first-order valence-electron chi connectivity index (χ1n) is 6.92. The molecule has 22 heavy (non-hydrogen) atoms. The molecule has 0 aliphatic carbocycles. The topological polar surface area (TPSA) is 47.6 Å². The third-order valence-corrected chi connectivity index (χ3v) is 3.40. The molecule has 0 saturated carbocycles. The molecule has 0 heterocycles. The maximum Gasteiger partial charge on any atom is 0.340 e. The van der Waals surface area contributed by atoms with Crippen LogP contribution in [0.2, 0.25) is 5.02 Å². The number of aryl methyl sites for hydroxylation is 1. The van der Waals surface area contributed by atoms with Crippen LogP contribution in [0.3, 0.4) is 0 Å². The first-order chi connectivity index (χ1) is 10.6. The quantitative estimate of drug-likeness (QED) is 0.647. The Labute approximate surface area is 135 Å². The lowest BCUT2D eigenvalue weighted by Crippen LogP contribution is -2.15. The summed E-state index contributed by atoms with van der Waals surface area (Å²) in [5, 5.41) is 3.59. The molecule has 0 fully saturated rings. The lowest BCUT2D eigenvalue weighted by atomic mass is 10.2. The van der Waals surface area contributed by atoms with Crippen LogP contribution in [0.5, 0.6) is 5.75 Å². The molecule has 116 valence electrons. The van der Waals surface area contributed by atoms with E-state index in [9.17, 15) is 4.79 Å². The highest BCUT2D eigenvalue weighted by atomic mass is 35.5. The highest BCUT2D eigenvalue weighted by molar-refractivity contribution is 6.34. The molecule has 2 aromatic carbocycles. The number of rotatable bonds is 6. The molecule has 0 aliphatic heterocycles. The zero-order chi connectivity index (χ0) is 15.9. The number of hydrogen-bond donors (Lipinski definition) is 1. The van der Waals surface area contributed by atoms with Crippen molar-refractivity contribution in [1.82, 2.24) is 0 Å². The van der Waals surface area contributed by atoms with Gasteiger partial charge in [-0.15, -0.1) is 0 Å². The van der Waals surface area contributed by atoms with Crippen molar-refractivity contribution in [3.63, 3.8) is 0 Å². The number of methoxy groups -OCH3 is 1. The average molecular weight is 320 g/mol. The second-order valence-electron chi connectivity index (χ2n) is 4.75. The second kappa shape index (κ2) is 7.71. The van der Waals surface area contributed by atoms with E-state index >= 15 is 0 Å². The summed E-state index contributed by atoms with van der Waals surface area (Å²) in [6.07, 6.45) is 0. The predicted octanol–water partition coefficient (Wildman–Crippen LogP) is 3.93. The fourth-order valence-corrected chi connectivity index (χ4v) is 2.28. The predicted molar refractivity (Wildman–Crippen MR) is 88.0 cm³/mol. The third-order valence-electron chi connectivity index (χ3n) is 3.08. The molecule has 0 aromatic heterocycles. The van der Waals surface area contributed by atoms with Crippen LogP contribution in [-0.4, -0.2) is 26.2 Å². The van der Waals surface area contributed by atoms with Gasteiger partial charge in [-0.3, -0.25) is 0 Å². The van der Waals surface area contributed by atoms with E-state index in [1.165, 1.54) is 7.11 Å². The van der Waals surface area contributed by atoms with Gasteiger partial charge < -0.3 is 14.8 Å². The molecule has 0 saturated heterocycles. The van der Waals surface area contributed by atoms with E-state index in [1.54, 1.807) is 18.2 Å². The van der Waals surface area contributed by atoms with Crippen LogP contribution in [0.25, 0.3) is 0 Å². The van der Waals surface area contributed by atoms with Gasteiger partial charge in [0.15, 0.2) is 0 Å².